The number of hydrogen-bond acceptors (Lipinski definition) is 4. The van der Waals surface area contributed by atoms with Crippen LogP contribution < -0.4 is 0 Å². The Morgan fingerprint density at radius 1 is 1.21 bits per heavy atom. The van der Waals surface area contributed by atoms with Crippen molar-refractivity contribution in [2.75, 3.05) is 0 Å². The molecular formula is C10H8N2O2. The lowest BCUT2D eigenvalue weighted by Crippen LogP contribution is -2.29. The maximum absolute atomic E-state index is 8.39. The van der Waals surface area contributed by atoms with Crippen LogP contribution in [0.3, 0.4) is 0 Å². The van der Waals surface area contributed by atoms with Crippen LogP contribution in [0.5, 0.6) is 0 Å². The topological polar surface area (TPSA) is 66.0 Å². The smallest absolute Gasteiger partial charge is 0.315 e. The fourth-order valence-electron chi connectivity index (χ4n) is 1.03. The van der Waals surface area contributed by atoms with Crippen LogP contribution >= 0.6 is 0 Å². The first-order chi connectivity index (χ1) is 6.76. The first-order valence-electron chi connectivity index (χ1n) is 3.95. The van der Waals surface area contributed by atoms with Crippen molar-refractivity contribution in [3.8, 4) is 12.5 Å². The highest BCUT2D eigenvalue weighted by atomic mass is 16.7. The minimum Gasteiger partial charge on any atom is -0.373 e. The van der Waals surface area contributed by atoms with Crippen molar-refractivity contribution in [3.63, 3.8) is 0 Å². The Hall–Kier alpha value is -2.20. The number of nitrogens with zero attached hydrogens (tertiary/aromatic N) is 2. The Morgan fingerprint density at radius 3 is 2.07 bits per heavy atom. The lowest BCUT2D eigenvalue weighted by molar-refractivity contribution is -0.0769. The highest BCUT2D eigenvalue weighted by Gasteiger charge is 2.30. The largest absolute Gasteiger partial charge is 0.373 e. The summed E-state index contributed by atoms with van der Waals surface area (Å²) in [6, 6.07) is 0. The van der Waals surface area contributed by atoms with Crippen molar-refractivity contribution in [3.05, 3.63) is 36.0 Å². The van der Waals surface area contributed by atoms with Gasteiger partial charge in [0.15, 0.2) is 0 Å². The summed E-state index contributed by atoms with van der Waals surface area (Å²) in [5.41, 5.74) is 0.962. The Morgan fingerprint density at radius 2 is 1.71 bits per heavy atom. The predicted molar refractivity (Wildman–Crippen MR) is 48.2 cm³/mol. The molecule has 0 radical (unpaired) electrons. The summed E-state index contributed by atoms with van der Waals surface area (Å²) < 4.78 is 9.33. The highest BCUT2D eigenvalue weighted by molar-refractivity contribution is 5.38. The summed E-state index contributed by atoms with van der Waals surface area (Å²) in [4.78, 5) is 0. The van der Waals surface area contributed by atoms with Gasteiger partial charge < -0.3 is 9.47 Å². The van der Waals surface area contributed by atoms with Gasteiger partial charge in [0.1, 0.15) is 0 Å². The number of hydrogen-bond donors (Lipinski definition) is 0. The van der Waals surface area contributed by atoms with Gasteiger partial charge in [0.2, 0.25) is 0 Å². The molecule has 4 heteroatoms. The van der Waals surface area contributed by atoms with E-state index in [0.717, 1.165) is 5.57 Å². The molecule has 0 saturated carbocycles. The van der Waals surface area contributed by atoms with E-state index in [1.54, 1.807) is 12.2 Å². The summed E-state index contributed by atoms with van der Waals surface area (Å²) in [6.45, 7) is 1.88. The molecule has 1 rings (SSSR count). The van der Waals surface area contributed by atoms with Gasteiger partial charge >= 0.3 is 5.79 Å². The molecule has 0 N–H and O–H groups in total. The zero-order valence-corrected chi connectivity index (χ0v) is 7.60. The Bertz CT molecular complexity index is 346. The molecule has 0 unspecified atom stereocenters. The van der Waals surface area contributed by atoms with E-state index in [9.17, 15) is 0 Å². The molecule has 1 aliphatic carbocycles. The molecule has 70 valence electrons. The van der Waals surface area contributed by atoms with Crippen LogP contribution in [0.4, 0.5) is 0 Å². The first-order valence-corrected chi connectivity index (χ1v) is 3.95. The fraction of sp³-hybridized carbons (Fsp3) is 0.200. The number of ether oxygens (including phenoxy) is 2. The van der Waals surface area contributed by atoms with Gasteiger partial charge in [-0.05, 0) is 12.5 Å². The molecule has 0 spiro atoms. The molecule has 0 atom stereocenters. The van der Waals surface area contributed by atoms with Crippen LogP contribution in [0.1, 0.15) is 6.92 Å². The van der Waals surface area contributed by atoms with E-state index in [0.29, 0.717) is 0 Å². The summed E-state index contributed by atoms with van der Waals surface area (Å²) in [6.07, 6.45) is 11.3. The number of rotatable bonds is 2. The number of nitriles is 2. The van der Waals surface area contributed by atoms with Crippen molar-refractivity contribution < 1.29 is 9.47 Å². The quantitative estimate of drug-likeness (QED) is 0.489. The summed E-state index contributed by atoms with van der Waals surface area (Å²) in [5, 5.41) is 16.8. The van der Waals surface area contributed by atoms with Crippen molar-refractivity contribution >= 4 is 0 Å². The lowest BCUT2D eigenvalue weighted by Gasteiger charge is -2.22. The highest BCUT2D eigenvalue weighted by Crippen LogP contribution is 2.23. The van der Waals surface area contributed by atoms with E-state index in [1.807, 2.05) is 13.0 Å². The van der Waals surface area contributed by atoms with E-state index >= 15 is 0 Å². The third-order valence-electron chi connectivity index (χ3n) is 1.76. The van der Waals surface area contributed by atoms with Gasteiger partial charge in [-0.15, -0.1) is 0 Å². The summed E-state index contributed by atoms with van der Waals surface area (Å²) >= 11 is 0. The van der Waals surface area contributed by atoms with Crippen molar-refractivity contribution in [2.24, 2.45) is 0 Å². The second-order valence-electron chi connectivity index (χ2n) is 2.56. The maximum atomic E-state index is 8.39. The van der Waals surface area contributed by atoms with Crippen molar-refractivity contribution in [2.45, 2.75) is 12.7 Å². The van der Waals surface area contributed by atoms with Gasteiger partial charge in [0.05, 0.1) is 0 Å². The van der Waals surface area contributed by atoms with Gasteiger partial charge in [0, 0.05) is 12.2 Å². The third-order valence-corrected chi connectivity index (χ3v) is 1.76. The molecule has 0 aromatic rings. The fourth-order valence-corrected chi connectivity index (χ4v) is 1.03. The standard InChI is InChI=1S/C10H8N2O2/c1-2-9-3-5-10(6-4-9,13-7-11)14-8-12/h2-6H,1H3. The lowest BCUT2D eigenvalue weighted by atomic mass is 10.1. The molecular weight excluding hydrogens is 180 g/mol. The monoisotopic (exact) mass is 188 g/mol. The molecule has 14 heavy (non-hydrogen) atoms. The van der Waals surface area contributed by atoms with Gasteiger partial charge in [-0.2, -0.15) is 10.5 Å². The minimum absolute atomic E-state index is 0.962. The van der Waals surface area contributed by atoms with Crippen molar-refractivity contribution in [1.29, 1.82) is 10.5 Å². The van der Waals surface area contributed by atoms with E-state index in [4.69, 9.17) is 10.5 Å². The Labute approximate surface area is 82.0 Å². The molecule has 0 fully saturated rings. The first kappa shape index (κ1) is 9.88. The van der Waals surface area contributed by atoms with E-state index in [2.05, 4.69) is 9.47 Å². The minimum atomic E-state index is -1.37. The summed E-state index contributed by atoms with van der Waals surface area (Å²) in [5.74, 6) is -1.37. The summed E-state index contributed by atoms with van der Waals surface area (Å²) in [7, 11) is 0. The van der Waals surface area contributed by atoms with Crippen molar-refractivity contribution in [1.82, 2.24) is 0 Å². The number of allylic oxidation sites excluding steroid dienone is 4. The van der Waals surface area contributed by atoms with E-state index in [1.165, 1.54) is 24.7 Å². The van der Waals surface area contributed by atoms with Gasteiger partial charge in [-0.1, -0.05) is 18.2 Å². The van der Waals surface area contributed by atoms with Crippen LogP contribution in [0.15, 0.2) is 36.0 Å². The zero-order valence-electron chi connectivity index (χ0n) is 7.60. The van der Waals surface area contributed by atoms with Crippen LogP contribution in [0.25, 0.3) is 0 Å². The van der Waals surface area contributed by atoms with Crippen LogP contribution in [0, 0.1) is 23.0 Å². The van der Waals surface area contributed by atoms with Gasteiger partial charge in [0.25, 0.3) is 12.5 Å². The van der Waals surface area contributed by atoms with Gasteiger partial charge in [-0.3, -0.25) is 0 Å². The predicted octanol–water partition coefficient (Wildman–Crippen LogP) is 1.75. The Balaban J connectivity index is 2.91. The van der Waals surface area contributed by atoms with E-state index in [-0.39, 0.29) is 0 Å². The molecule has 0 heterocycles. The molecule has 4 nitrogen and oxygen atoms in total. The van der Waals surface area contributed by atoms with Crippen LogP contribution in [-0.2, 0) is 9.47 Å². The Kier molecular flexibility index (Phi) is 2.93. The molecule has 0 saturated heterocycles. The molecule has 0 bridgehead atoms. The molecule has 0 aromatic heterocycles. The average molecular weight is 188 g/mol. The van der Waals surface area contributed by atoms with Crippen LogP contribution in [0.2, 0.25) is 0 Å². The molecule has 0 amide bonds. The SMILES string of the molecule is CC=C1C=CC(OC#N)(OC#N)C=C1. The zero-order chi connectivity index (χ0) is 10.4. The second kappa shape index (κ2) is 4.15. The van der Waals surface area contributed by atoms with Crippen LogP contribution in [-0.4, -0.2) is 5.79 Å². The van der Waals surface area contributed by atoms with Gasteiger partial charge in [-0.25, -0.2) is 0 Å². The van der Waals surface area contributed by atoms with E-state index < -0.39 is 5.79 Å². The molecule has 0 aliphatic heterocycles. The normalized spacial score (nSPS) is 16.6. The second-order valence-corrected chi connectivity index (χ2v) is 2.56. The average Bonchev–Trinajstić information content (AvgIpc) is 2.20. The maximum Gasteiger partial charge on any atom is 0.315 e. The third kappa shape index (κ3) is 1.94. The molecule has 1 aliphatic rings. The molecule has 0 aromatic carbocycles.